The van der Waals surface area contributed by atoms with Crippen LogP contribution in [0, 0.1) is 6.92 Å². The minimum Gasteiger partial charge on any atom is -0.406 e. The summed E-state index contributed by atoms with van der Waals surface area (Å²) in [5.74, 6) is -0.324. The molecule has 18 heavy (non-hydrogen) atoms. The number of halogens is 3. The van der Waals surface area contributed by atoms with E-state index >= 15 is 0 Å². The van der Waals surface area contributed by atoms with Crippen LogP contribution in [0.25, 0.3) is 10.9 Å². The maximum absolute atomic E-state index is 12.1. The summed E-state index contributed by atoms with van der Waals surface area (Å²) < 4.78 is 40.1. The maximum Gasteiger partial charge on any atom is 0.573 e. The molecule has 0 unspecified atom stereocenters. The maximum atomic E-state index is 12.1. The summed E-state index contributed by atoms with van der Waals surface area (Å²) in [5.41, 5.74) is 1.73. The van der Waals surface area contributed by atoms with Crippen LogP contribution in [0.2, 0.25) is 0 Å². The number of benzene rings is 1. The second kappa shape index (κ2) is 4.45. The van der Waals surface area contributed by atoms with Crippen LogP contribution in [0.5, 0.6) is 5.75 Å². The zero-order chi connectivity index (χ0) is 13.3. The fraction of sp³-hybridized carbons (Fsp3) is 0.250. The van der Waals surface area contributed by atoms with Crippen molar-refractivity contribution >= 4 is 10.9 Å². The van der Waals surface area contributed by atoms with Gasteiger partial charge in [0.2, 0.25) is 0 Å². The molecule has 1 aromatic carbocycles. The molecule has 0 aliphatic carbocycles. The average Bonchev–Trinajstić information content (AvgIpc) is 2.26. The third-order valence-corrected chi connectivity index (χ3v) is 2.40. The highest BCUT2D eigenvalue weighted by Gasteiger charge is 2.31. The number of aromatic nitrogens is 1. The summed E-state index contributed by atoms with van der Waals surface area (Å²) in [6, 6.07) is 5.48. The van der Waals surface area contributed by atoms with E-state index in [4.69, 9.17) is 0 Å². The van der Waals surface area contributed by atoms with Crippen LogP contribution in [0.4, 0.5) is 13.2 Å². The molecule has 0 saturated heterocycles. The molecule has 2 rings (SSSR count). The molecule has 6 heteroatoms. The molecule has 0 radical (unpaired) electrons. The van der Waals surface area contributed by atoms with Crippen LogP contribution in [-0.2, 0) is 6.61 Å². The van der Waals surface area contributed by atoms with Gasteiger partial charge in [0, 0.05) is 11.1 Å². The lowest BCUT2D eigenvalue weighted by Gasteiger charge is -2.11. The Labute approximate surface area is 101 Å². The van der Waals surface area contributed by atoms with Crippen molar-refractivity contribution in [2.75, 3.05) is 0 Å². The van der Waals surface area contributed by atoms with Crippen LogP contribution in [0.1, 0.15) is 11.3 Å². The smallest absolute Gasteiger partial charge is 0.406 e. The van der Waals surface area contributed by atoms with Gasteiger partial charge in [-0.15, -0.1) is 13.2 Å². The van der Waals surface area contributed by atoms with Gasteiger partial charge in [-0.1, -0.05) is 0 Å². The van der Waals surface area contributed by atoms with E-state index in [1.165, 1.54) is 18.2 Å². The van der Waals surface area contributed by atoms with E-state index < -0.39 is 6.36 Å². The number of aliphatic hydroxyl groups is 1. The first-order chi connectivity index (χ1) is 8.39. The number of aliphatic hydroxyl groups excluding tert-OH is 1. The van der Waals surface area contributed by atoms with Crippen molar-refractivity contribution in [1.29, 1.82) is 0 Å². The second-order valence-corrected chi connectivity index (χ2v) is 3.81. The lowest BCUT2D eigenvalue weighted by molar-refractivity contribution is -0.274. The Balaban J connectivity index is 2.53. The Kier molecular flexibility index (Phi) is 3.13. The second-order valence-electron chi connectivity index (χ2n) is 3.81. The van der Waals surface area contributed by atoms with Crippen LogP contribution < -0.4 is 4.74 Å². The van der Waals surface area contributed by atoms with Gasteiger partial charge in [-0.25, -0.2) is 0 Å². The minimum atomic E-state index is -4.73. The monoisotopic (exact) mass is 257 g/mol. The third-order valence-electron chi connectivity index (χ3n) is 2.40. The first-order valence-corrected chi connectivity index (χ1v) is 5.16. The van der Waals surface area contributed by atoms with Gasteiger partial charge in [0.05, 0.1) is 12.1 Å². The van der Waals surface area contributed by atoms with Gasteiger partial charge < -0.3 is 9.84 Å². The predicted molar refractivity (Wildman–Crippen MR) is 59.1 cm³/mol. The Bertz CT molecular complexity index is 581. The molecule has 0 aliphatic heterocycles. The molecular weight excluding hydrogens is 247 g/mol. The van der Waals surface area contributed by atoms with Gasteiger partial charge in [0.25, 0.3) is 0 Å². The number of pyridine rings is 1. The van der Waals surface area contributed by atoms with Crippen molar-refractivity contribution in [1.82, 2.24) is 4.98 Å². The highest BCUT2D eigenvalue weighted by atomic mass is 19.4. The van der Waals surface area contributed by atoms with Gasteiger partial charge in [-0.05, 0) is 36.8 Å². The molecular formula is C12H10F3NO2. The fourth-order valence-corrected chi connectivity index (χ4v) is 1.75. The van der Waals surface area contributed by atoms with Gasteiger partial charge >= 0.3 is 6.36 Å². The standard InChI is InChI=1S/C12H10F3NO2/c1-7-4-8(6-17)10-5-9(18-12(13,14)15)2-3-11(10)16-7/h2-5,17H,6H2,1H3. The van der Waals surface area contributed by atoms with E-state index in [0.29, 0.717) is 22.2 Å². The first kappa shape index (κ1) is 12.6. The SMILES string of the molecule is Cc1cc(CO)c2cc(OC(F)(F)F)ccc2n1. The molecule has 0 bridgehead atoms. The minimum absolute atomic E-state index is 0.269. The number of fused-ring (bicyclic) bond motifs is 1. The van der Waals surface area contributed by atoms with E-state index in [0.717, 1.165) is 0 Å². The summed E-state index contributed by atoms with van der Waals surface area (Å²) in [4.78, 5) is 4.17. The summed E-state index contributed by atoms with van der Waals surface area (Å²) in [6.45, 7) is 1.48. The molecule has 1 N–H and O–H groups in total. The van der Waals surface area contributed by atoms with E-state index in [2.05, 4.69) is 9.72 Å². The summed E-state index contributed by atoms with van der Waals surface area (Å²) in [7, 11) is 0. The van der Waals surface area contributed by atoms with Crippen molar-refractivity contribution in [3.63, 3.8) is 0 Å². The molecule has 3 nitrogen and oxygen atoms in total. The number of hydrogen-bond donors (Lipinski definition) is 1. The largest absolute Gasteiger partial charge is 0.573 e. The van der Waals surface area contributed by atoms with Crippen molar-refractivity contribution in [2.45, 2.75) is 19.9 Å². The molecule has 0 saturated carbocycles. The Morgan fingerprint density at radius 2 is 2.00 bits per heavy atom. The number of hydrogen-bond acceptors (Lipinski definition) is 3. The third kappa shape index (κ3) is 2.70. The van der Waals surface area contributed by atoms with Crippen LogP contribution in [0.15, 0.2) is 24.3 Å². The highest BCUT2D eigenvalue weighted by Crippen LogP contribution is 2.27. The van der Waals surface area contributed by atoms with Gasteiger partial charge in [-0.2, -0.15) is 0 Å². The van der Waals surface area contributed by atoms with E-state index in [9.17, 15) is 18.3 Å². The molecule has 0 aliphatic rings. The van der Waals surface area contributed by atoms with Crippen molar-refractivity contribution < 1.29 is 23.0 Å². The first-order valence-electron chi connectivity index (χ1n) is 5.16. The van der Waals surface area contributed by atoms with E-state index in [1.807, 2.05) is 0 Å². The van der Waals surface area contributed by atoms with Crippen molar-refractivity contribution in [2.24, 2.45) is 0 Å². The zero-order valence-corrected chi connectivity index (χ0v) is 9.45. The molecule has 0 fully saturated rings. The molecule has 96 valence electrons. The van der Waals surface area contributed by atoms with E-state index in [-0.39, 0.29) is 12.4 Å². The molecule has 1 aromatic heterocycles. The van der Waals surface area contributed by atoms with Crippen LogP contribution >= 0.6 is 0 Å². The Morgan fingerprint density at radius 3 is 2.61 bits per heavy atom. The molecule has 0 amide bonds. The van der Waals surface area contributed by atoms with Crippen LogP contribution in [-0.4, -0.2) is 16.5 Å². The molecule has 0 spiro atoms. The molecule has 0 atom stereocenters. The fourth-order valence-electron chi connectivity index (χ4n) is 1.75. The number of nitrogens with zero attached hydrogens (tertiary/aromatic N) is 1. The van der Waals surface area contributed by atoms with Gasteiger partial charge in [0.1, 0.15) is 5.75 Å². The number of alkyl halides is 3. The molecule has 2 aromatic rings. The summed E-state index contributed by atoms with van der Waals surface area (Å²) >= 11 is 0. The summed E-state index contributed by atoms with van der Waals surface area (Å²) in [6.07, 6.45) is -4.73. The normalized spacial score (nSPS) is 11.8. The Hall–Kier alpha value is -1.82. The van der Waals surface area contributed by atoms with E-state index in [1.54, 1.807) is 13.0 Å². The Morgan fingerprint density at radius 1 is 1.28 bits per heavy atom. The quantitative estimate of drug-likeness (QED) is 0.899. The average molecular weight is 257 g/mol. The van der Waals surface area contributed by atoms with Gasteiger partial charge in [0.15, 0.2) is 0 Å². The summed E-state index contributed by atoms with van der Waals surface area (Å²) in [5, 5.41) is 9.64. The van der Waals surface area contributed by atoms with Crippen molar-refractivity contribution in [3.05, 3.63) is 35.5 Å². The van der Waals surface area contributed by atoms with Crippen LogP contribution in [0.3, 0.4) is 0 Å². The van der Waals surface area contributed by atoms with Gasteiger partial charge in [-0.3, -0.25) is 4.98 Å². The number of ether oxygens (including phenoxy) is 1. The predicted octanol–water partition coefficient (Wildman–Crippen LogP) is 2.93. The zero-order valence-electron chi connectivity index (χ0n) is 9.45. The topological polar surface area (TPSA) is 42.4 Å². The lowest BCUT2D eigenvalue weighted by atomic mass is 10.1. The highest BCUT2D eigenvalue weighted by molar-refractivity contribution is 5.83. The number of rotatable bonds is 2. The lowest BCUT2D eigenvalue weighted by Crippen LogP contribution is -2.17. The number of aryl methyl sites for hydroxylation is 1. The molecule has 1 heterocycles. The van der Waals surface area contributed by atoms with Crippen molar-refractivity contribution in [3.8, 4) is 5.75 Å².